The van der Waals surface area contributed by atoms with Gasteiger partial charge in [-0.15, -0.1) is 0 Å². The molecule has 2 N–H and O–H groups in total. The number of hydrogen-bond acceptors (Lipinski definition) is 3. The Morgan fingerprint density at radius 3 is 2.70 bits per heavy atom. The second-order valence-corrected chi connectivity index (χ2v) is 6.05. The molecule has 1 amide bonds. The lowest BCUT2D eigenvalue weighted by molar-refractivity contribution is -0.122. The minimum absolute atomic E-state index is 0.175. The topological polar surface area (TPSA) is 62.7 Å². The summed E-state index contributed by atoms with van der Waals surface area (Å²) in [5.41, 5.74) is 0. The van der Waals surface area contributed by atoms with Crippen LogP contribution in [0.4, 0.5) is 0 Å². The van der Waals surface area contributed by atoms with Crippen LogP contribution in [-0.2, 0) is 18.3 Å². The normalized spacial score (nSPS) is 16.9. The quantitative estimate of drug-likeness (QED) is 0.648. The second kappa shape index (κ2) is 7.57. The highest BCUT2D eigenvalue weighted by Gasteiger charge is 2.15. The van der Waals surface area contributed by atoms with Crippen LogP contribution < -0.4 is 5.32 Å². The van der Waals surface area contributed by atoms with Gasteiger partial charge in [-0.25, -0.2) is 0 Å². The van der Waals surface area contributed by atoms with Crippen molar-refractivity contribution in [3.63, 3.8) is 0 Å². The van der Waals surface area contributed by atoms with Crippen LogP contribution in [0.15, 0.2) is 0 Å². The van der Waals surface area contributed by atoms with E-state index in [9.17, 15) is 4.79 Å². The van der Waals surface area contributed by atoms with E-state index in [0.29, 0.717) is 30.1 Å². The van der Waals surface area contributed by atoms with E-state index >= 15 is 0 Å². The maximum Gasteiger partial charge on any atom is 0.220 e. The second-order valence-electron chi connectivity index (χ2n) is 5.67. The highest BCUT2D eigenvalue weighted by Crippen LogP contribution is 2.25. The number of nitrogens with one attached hydrogen (secondary N) is 2. The zero-order valence-electron chi connectivity index (χ0n) is 12.2. The van der Waals surface area contributed by atoms with Crippen LogP contribution in [-0.4, -0.2) is 27.2 Å². The molecule has 0 aliphatic heterocycles. The van der Waals surface area contributed by atoms with E-state index in [1.54, 1.807) is 0 Å². The summed E-state index contributed by atoms with van der Waals surface area (Å²) >= 11 is 5.05. The highest BCUT2D eigenvalue weighted by molar-refractivity contribution is 7.71. The standard InChI is InChI=1S/C14H24N4OS/c1-18-12(16-17-14(18)20)8-9-15-13(19)10-11-6-4-2-3-5-7-11/h11H,2-10H2,1H3,(H,15,19)(H,17,20). The number of nitrogens with zero attached hydrogens (tertiary/aromatic N) is 2. The van der Waals surface area contributed by atoms with E-state index < -0.39 is 0 Å². The van der Waals surface area contributed by atoms with Crippen molar-refractivity contribution in [1.82, 2.24) is 20.1 Å². The van der Waals surface area contributed by atoms with Crippen molar-refractivity contribution in [2.75, 3.05) is 6.54 Å². The third kappa shape index (κ3) is 4.44. The van der Waals surface area contributed by atoms with Gasteiger partial charge in [-0.1, -0.05) is 25.7 Å². The fraction of sp³-hybridized carbons (Fsp3) is 0.786. The highest BCUT2D eigenvalue weighted by atomic mass is 32.1. The number of hydrogen-bond donors (Lipinski definition) is 2. The van der Waals surface area contributed by atoms with E-state index in [1.807, 2.05) is 11.6 Å². The Morgan fingerprint density at radius 1 is 1.40 bits per heavy atom. The SMILES string of the molecule is Cn1c(CCNC(=O)CC2CCCCCC2)n[nH]c1=S. The third-order valence-corrected chi connectivity index (χ3v) is 4.46. The van der Waals surface area contributed by atoms with Gasteiger partial charge in [0.1, 0.15) is 5.82 Å². The summed E-state index contributed by atoms with van der Waals surface area (Å²) in [6.07, 6.45) is 9.03. The molecule has 1 fully saturated rings. The molecule has 0 atom stereocenters. The van der Waals surface area contributed by atoms with Crippen molar-refractivity contribution in [1.29, 1.82) is 0 Å². The van der Waals surface area contributed by atoms with Gasteiger partial charge in [0.2, 0.25) is 5.91 Å². The lowest BCUT2D eigenvalue weighted by atomic mass is 9.96. The van der Waals surface area contributed by atoms with Crippen molar-refractivity contribution >= 4 is 18.1 Å². The molecule has 1 aliphatic rings. The number of rotatable bonds is 5. The van der Waals surface area contributed by atoms with Gasteiger partial charge in [-0.2, -0.15) is 5.10 Å². The summed E-state index contributed by atoms with van der Waals surface area (Å²) in [5, 5.41) is 9.88. The van der Waals surface area contributed by atoms with E-state index in [4.69, 9.17) is 12.2 Å². The Balaban J connectivity index is 1.69. The molecule has 1 aromatic heterocycles. The van der Waals surface area contributed by atoms with Crippen molar-refractivity contribution < 1.29 is 4.79 Å². The molecule has 0 bridgehead atoms. The molecule has 1 aromatic rings. The fourth-order valence-corrected chi connectivity index (χ4v) is 2.97. The first-order chi connectivity index (χ1) is 9.66. The summed E-state index contributed by atoms with van der Waals surface area (Å²) in [6, 6.07) is 0. The van der Waals surface area contributed by atoms with Gasteiger partial charge in [0.25, 0.3) is 0 Å². The Morgan fingerprint density at radius 2 is 2.10 bits per heavy atom. The molecular formula is C14H24N4OS. The minimum Gasteiger partial charge on any atom is -0.356 e. The lowest BCUT2D eigenvalue weighted by Gasteiger charge is -2.13. The molecule has 6 heteroatoms. The number of aromatic amines is 1. The molecule has 1 heterocycles. The molecular weight excluding hydrogens is 272 g/mol. The summed E-state index contributed by atoms with van der Waals surface area (Å²) in [7, 11) is 1.88. The van der Waals surface area contributed by atoms with Crippen LogP contribution in [0, 0.1) is 10.7 Å². The summed E-state index contributed by atoms with van der Waals surface area (Å²) in [6.45, 7) is 0.624. The van der Waals surface area contributed by atoms with Crippen molar-refractivity contribution in [2.24, 2.45) is 13.0 Å². The summed E-state index contributed by atoms with van der Waals surface area (Å²) in [5.74, 6) is 1.64. The maximum atomic E-state index is 11.9. The maximum absolute atomic E-state index is 11.9. The average molecular weight is 296 g/mol. The van der Waals surface area contributed by atoms with Gasteiger partial charge in [-0.3, -0.25) is 9.89 Å². The summed E-state index contributed by atoms with van der Waals surface area (Å²) < 4.78 is 2.46. The first-order valence-electron chi connectivity index (χ1n) is 7.54. The third-order valence-electron chi connectivity index (χ3n) is 4.09. The molecule has 1 saturated carbocycles. The Labute approximate surface area is 125 Å². The molecule has 0 aromatic carbocycles. The molecule has 112 valence electrons. The number of amides is 1. The van der Waals surface area contributed by atoms with Gasteiger partial charge >= 0.3 is 0 Å². The lowest BCUT2D eigenvalue weighted by Crippen LogP contribution is -2.28. The van der Waals surface area contributed by atoms with Crippen LogP contribution in [0.5, 0.6) is 0 Å². The van der Waals surface area contributed by atoms with Crippen molar-refractivity contribution in [2.45, 2.75) is 51.4 Å². The van der Waals surface area contributed by atoms with Gasteiger partial charge in [0, 0.05) is 26.4 Å². The van der Waals surface area contributed by atoms with Gasteiger partial charge in [0.15, 0.2) is 4.77 Å². The minimum atomic E-state index is 0.175. The molecule has 0 unspecified atom stereocenters. The van der Waals surface area contributed by atoms with E-state index in [-0.39, 0.29) is 5.91 Å². The first kappa shape index (κ1) is 15.2. The molecule has 0 spiro atoms. The van der Waals surface area contributed by atoms with E-state index in [2.05, 4.69) is 15.5 Å². The Hall–Kier alpha value is -1.17. The zero-order valence-corrected chi connectivity index (χ0v) is 13.0. The number of carbonyl (C=O) groups excluding carboxylic acids is 1. The van der Waals surface area contributed by atoms with Crippen LogP contribution >= 0.6 is 12.2 Å². The molecule has 5 nitrogen and oxygen atoms in total. The van der Waals surface area contributed by atoms with Crippen LogP contribution in [0.2, 0.25) is 0 Å². The summed E-state index contributed by atoms with van der Waals surface area (Å²) in [4.78, 5) is 11.9. The smallest absolute Gasteiger partial charge is 0.220 e. The predicted molar refractivity (Wildman–Crippen MR) is 80.9 cm³/mol. The van der Waals surface area contributed by atoms with Crippen molar-refractivity contribution in [3.05, 3.63) is 10.6 Å². The average Bonchev–Trinajstić information content (AvgIpc) is 2.65. The molecule has 1 aliphatic carbocycles. The van der Waals surface area contributed by atoms with Gasteiger partial charge < -0.3 is 9.88 Å². The number of carbonyl (C=O) groups is 1. The van der Waals surface area contributed by atoms with E-state index in [0.717, 1.165) is 5.82 Å². The Bertz CT molecular complexity index is 486. The fourth-order valence-electron chi connectivity index (χ4n) is 2.82. The Kier molecular flexibility index (Phi) is 5.76. The van der Waals surface area contributed by atoms with Crippen LogP contribution in [0.25, 0.3) is 0 Å². The van der Waals surface area contributed by atoms with Crippen molar-refractivity contribution in [3.8, 4) is 0 Å². The van der Waals surface area contributed by atoms with Gasteiger partial charge in [0.05, 0.1) is 0 Å². The predicted octanol–water partition coefficient (Wildman–Crippen LogP) is 2.50. The zero-order chi connectivity index (χ0) is 14.4. The molecule has 0 radical (unpaired) electrons. The van der Waals surface area contributed by atoms with Crippen LogP contribution in [0.1, 0.15) is 50.8 Å². The number of aromatic nitrogens is 3. The molecule has 0 saturated heterocycles. The molecule has 20 heavy (non-hydrogen) atoms. The van der Waals surface area contributed by atoms with Crippen LogP contribution in [0.3, 0.4) is 0 Å². The van der Waals surface area contributed by atoms with Gasteiger partial charge in [-0.05, 0) is 31.0 Å². The van der Waals surface area contributed by atoms with E-state index in [1.165, 1.54) is 38.5 Å². The first-order valence-corrected chi connectivity index (χ1v) is 7.94. The number of H-pyrrole nitrogens is 1. The monoisotopic (exact) mass is 296 g/mol. The largest absolute Gasteiger partial charge is 0.356 e. The molecule has 2 rings (SSSR count).